The van der Waals surface area contributed by atoms with Crippen LogP contribution in [0.1, 0.15) is 5.56 Å². The number of carboxylic acid groups (broad SMARTS) is 1. The maximum Gasteiger partial charge on any atom is 0.322 e. The van der Waals surface area contributed by atoms with Crippen molar-refractivity contribution in [2.45, 2.75) is 12.5 Å². The van der Waals surface area contributed by atoms with Gasteiger partial charge >= 0.3 is 5.97 Å². The second kappa shape index (κ2) is 6.41. The molecule has 5 N–H and O–H groups in total. The Morgan fingerprint density at radius 3 is 2.75 bits per heavy atom. The first-order valence-corrected chi connectivity index (χ1v) is 4.73. The summed E-state index contributed by atoms with van der Waals surface area (Å²) in [4.78, 5) is 10.9. The van der Waals surface area contributed by atoms with Crippen LogP contribution in [0.5, 0.6) is 0 Å². The molecule has 0 fully saturated rings. The lowest BCUT2D eigenvalue weighted by atomic mass is 10.1. The zero-order valence-electron chi connectivity index (χ0n) is 8.63. The van der Waals surface area contributed by atoms with Crippen molar-refractivity contribution in [1.29, 1.82) is 0 Å². The lowest BCUT2D eigenvalue weighted by Gasteiger charge is -2.13. The number of hydrazone groups is 1. The molecule has 16 heavy (non-hydrogen) atoms. The molecule has 1 aromatic rings. The van der Waals surface area contributed by atoms with E-state index in [4.69, 9.17) is 10.9 Å². The molecule has 86 valence electrons. The van der Waals surface area contributed by atoms with E-state index in [0.717, 1.165) is 5.56 Å². The molecular weight excluding hydrogens is 208 g/mol. The van der Waals surface area contributed by atoms with E-state index < -0.39 is 12.0 Å². The predicted octanol–water partition coefficient (Wildman–Crippen LogP) is -0.321. The van der Waals surface area contributed by atoms with Gasteiger partial charge in [0, 0.05) is 6.42 Å². The molecule has 0 heterocycles. The highest BCUT2D eigenvalue weighted by Crippen LogP contribution is 2.02. The smallest absolute Gasteiger partial charge is 0.322 e. The Hall–Kier alpha value is -2.08. The summed E-state index contributed by atoms with van der Waals surface area (Å²) in [6.45, 7) is 0. The maximum absolute atomic E-state index is 10.9. The monoisotopic (exact) mass is 222 g/mol. The quantitative estimate of drug-likeness (QED) is 0.229. The minimum atomic E-state index is -0.943. The zero-order valence-corrected chi connectivity index (χ0v) is 8.63. The Balaban J connectivity index is 2.55. The molecule has 0 saturated heterocycles. The van der Waals surface area contributed by atoms with E-state index in [0.29, 0.717) is 6.42 Å². The summed E-state index contributed by atoms with van der Waals surface area (Å²) in [5.74, 6) is 3.92. The van der Waals surface area contributed by atoms with Crippen LogP contribution in [0.2, 0.25) is 0 Å². The standard InChI is InChI=1S/C10H14N4O2/c11-12-7-13-14-9(10(15)16)6-8-4-2-1-3-5-8/h1-5,7,9,14H,6,11H2,(H,12,13)(H,15,16). The van der Waals surface area contributed by atoms with Crippen molar-refractivity contribution in [3.8, 4) is 0 Å². The molecule has 1 atom stereocenters. The van der Waals surface area contributed by atoms with Crippen molar-refractivity contribution < 1.29 is 9.90 Å². The highest BCUT2D eigenvalue weighted by molar-refractivity contribution is 5.74. The number of nitrogens with two attached hydrogens (primary N) is 1. The van der Waals surface area contributed by atoms with Gasteiger partial charge in [-0.3, -0.25) is 4.79 Å². The molecule has 0 aliphatic rings. The van der Waals surface area contributed by atoms with Crippen LogP contribution in [-0.4, -0.2) is 23.5 Å². The van der Waals surface area contributed by atoms with Crippen LogP contribution >= 0.6 is 0 Å². The Bertz CT molecular complexity index is 353. The number of rotatable bonds is 6. The lowest BCUT2D eigenvalue weighted by molar-refractivity contribution is -0.139. The number of carboxylic acids is 1. The van der Waals surface area contributed by atoms with Gasteiger partial charge in [0.1, 0.15) is 12.4 Å². The second-order valence-corrected chi connectivity index (χ2v) is 3.15. The van der Waals surface area contributed by atoms with Crippen molar-refractivity contribution in [3.05, 3.63) is 35.9 Å². The first-order chi connectivity index (χ1) is 7.74. The molecule has 0 spiro atoms. The Kier molecular flexibility index (Phi) is 4.81. The van der Waals surface area contributed by atoms with Crippen LogP contribution in [0, 0.1) is 0 Å². The van der Waals surface area contributed by atoms with Gasteiger partial charge in [-0.25, -0.2) is 5.43 Å². The van der Waals surface area contributed by atoms with Crippen LogP contribution in [0.25, 0.3) is 0 Å². The molecule has 6 nitrogen and oxygen atoms in total. The van der Waals surface area contributed by atoms with Gasteiger partial charge in [0.25, 0.3) is 0 Å². The summed E-state index contributed by atoms with van der Waals surface area (Å²) in [5.41, 5.74) is 6.02. The number of nitrogens with one attached hydrogen (secondary N) is 2. The molecule has 0 bridgehead atoms. The Morgan fingerprint density at radius 2 is 2.19 bits per heavy atom. The fourth-order valence-electron chi connectivity index (χ4n) is 1.23. The summed E-state index contributed by atoms with van der Waals surface area (Å²) in [7, 11) is 0. The van der Waals surface area contributed by atoms with Crippen LogP contribution in [0.4, 0.5) is 0 Å². The van der Waals surface area contributed by atoms with E-state index >= 15 is 0 Å². The van der Waals surface area contributed by atoms with Gasteiger partial charge in [-0.1, -0.05) is 30.3 Å². The molecule has 0 radical (unpaired) electrons. The number of aliphatic carboxylic acids is 1. The van der Waals surface area contributed by atoms with Gasteiger partial charge in [0.15, 0.2) is 0 Å². The predicted molar refractivity (Wildman–Crippen MR) is 60.5 cm³/mol. The third-order valence-electron chi connectivity index (χ3n) is 1.98. The molecule has 0 aliphatic carbocycles. The number of nitrogens with zero attached hydrogens (tertiary/aromatic N) is 1. The van der Waals surface area contributed by atoms with E-state index in [1.165, 1.54) is 6.34 Å². The van der Waals surface area contributed by atoms with Crippen LogP contribution in [-0.2, 0) is 11.2 Å². The van der Waals surface area contributed by atoms with Gasteiger partial charge in [0.2, 0.25) is 0 Å². The molecule has 1 rings (SSSR count). The number of hydrogen-bond acceptors (Lipinski definition) is 4. The van der Waals surface area contributed by atoms with Crippen LogP contribution in [0.15, 0.2) is 35.4 Å². The molecular formula is C10H14N4O2. The van der Waals surface area contributed by atoms with Crippen LogP contribution in [0.3, 0.4) is 0 Å². The van der Waals surface area contributed by atoms with Crippen molar-refractivity contribution in [1.82, 2.24) is 10.9 Å². The zero-order chi connectivity index (χ0) is 11.8. The molecule has 0 aromatic heterocycles. The third-order valence-corrected chi connectivity index (χ3v) is 1.98. The van der Waals surface area contributed by atoms with Crippen molar-refractivity contribution in [3.63, 3.8) is 0 Å². The second-order valence-electron chi connectivity index (χ2n) is 3.15. The molecule has 1 aromatic carbocycles. The highest BCUT2D eigenvalue weighted by Gasteiger charge is 2.16. The van der Waals surface area contributed by atoms with Gasteiger partial charge in [-0.05, 0) is 5.56 Å². The number of carbonyl (C=O) groups is 1. The van der Waals surface area contributed by atoms with Crippen molar-refractivity contribution >= 4 is 12.3 Å². The summed E-state index contributed by atoms with van der Waals surface area (Å²) < 4.78 is 0. The fourth-order valence-corrected chi connectivity index (χ4v) is 1.23. The number of hydrazine groups is 1. The number of benzene rings is 1. The maximum atomic E-state index is 10.9. The normalized spacial score (nSPS) is 12.5. The summed E-state index contributed by atoms with van der Waals surface area (Å²) in [6.07, 6.45) is 1.56. The molecule has 1 unspecified atom stereocenters. The van der Waals surface area contributed by atoms with Crippen molar-refractivity contribution in [2.24, 2.45) is 10.9 Å². The first-order valence-electron chi connectivity index (χ1n) is 4.73. The minimum absolute atomic E-state index is 0.377. The van der Waals surface area contributed by atoms with E-state index in [-0.39, 0.29) is 0 Å². The molecule has 0 amide bonds. The topological polar surface area (TPSA) is 99.7 Å². The van der Waals surface area contributed by atoms with E-state index in [1.807, 2.05) is 30.3 Å². The average molecular weight is 222 g/mol. The Morgan fingerprint density at radius 1 is 1.50 bits per heavy atom. The minimum Gasteiger partial charge on any atom is -0.480 e. The summed E-state index contributed by atoms with van der Waals surface area (Å²) in [6, 6.07) is 8.61. The van der Waals surface area contributed by atoms with Gasteiger partial charge in [0.05, 0.1) is 0 Å². The van der Waals surface area contributed by atoms with Crippen molar-refractivity contribution in [2.75, 3.05) is 0 Å². The average Bonchev–Trinajstić information content (AvgIpc) is 2.29. The number of hydrogen-bond donors (Lipinski definition) is 4. The first kappa shape index (κ1) is 12.0. The fraction of sp³-hybridized carbons (Fsp3) is 0.200. The highest BCUT2D eigenvalue weighted by atomic mass is 16.4. The Labute approximate surface area is 93.1 Å². The van der Waals surface area contributed by atoms with E-state index in [2.05, 4.69) is 16.0 Å². The third kappa shape index (κ3) is 3.97. The van der Waals surface area contributed by atoms with Gasteiger partial charge in [-0.15, -0.1) is 0 Å². The molecule has 0 aliphatic heterocycles. The molecule has 6 heteroatoms. The van der Waals surface area contributed by atoms with Gasteiger partial charge in [-0.2, -0.15) is 5.10 Å². The summed E-state index contributed by atoms with van der Waals surface area (Å²) >= 11 is 0. The van der Waals surface area contributed by atoms with E-state index in [1.54, 1.807) is 0 Å². The lowest BCUT2D eigenvalue weighted by Crippen LogP contribution is -2.46. The van der Waals surface area contributed by atoms with E-state index in [9.17, 15) is 4.79 Å². The molecule has 0 saturated carbocycles. The summed E-state index contributed by atoms with van der Waals surface area (Å²) in [5, 5.41) is 12.1. The SMILES string of the molecule is NN=CNNC(Cc1ccccc1)C(=O)O. The largest absolute Gasteiger partial charge is 0.480 e. The van der Waals surface area contributed by atoms with Gasteiger partial charge < -0.3 is 16.4 Å². The van der Waals surface area contributed by atoms with Crippen LogP contribution < -0.4 is 16.7 Å².